The van der Waals surface area contributed by atoms with E-state index in [0.717, 1.165) is 26.4 Å². The van der Waals surface area contributed by atoms with Crippen molar-refractivity contribution in [1.29, 1.82) is 0 Å². The molecule has 2 radical (unpaired) electrons. The molecule has 2 fully saturated rings. The fraction of sp³-hybridized carbons (Fsp3) is 1.00. The molecular formula is C10H20BClO2. The first kappa shape index (κ1) is 14.3. The van der Waals surface area contributed by atoms with Crippen LogP contribution < -0.4 is 0 Å². The van der Waals surface area contributed by atoms with Crippen molar-refractivity contribution in [3.8, 4) is 0 Å². The maximum absolute atomic E-state index is 5.07. The number of ether oxygens (including phenoxy) is 2. The fourth-order valence-corrected chi connectivity index (χ4v) is 1.37. The minimum Gasteiger partial charge on any atom is -0.381 e. The van der Waals surface area contributed by atoms with Crippen LogP contribution in [0.5, 0.6) is 0 Å². The van der Waals surface area contributed by atoms with Gasteiger partial charge >= 0.3 is 0 Å². The molecule has 0 aliphatic carbocycles. The smallest absolute Gasteiger partial charge is 0.214 e. The van der Waals surface area contributed by atoms with Crippen molar-refractivity contribution in [1.82, 2.24) is 0 Å². The third-order valence-electron chi connectivity index (χ3n) is 2.15. The quantitative estimate of drug-likeness (QED) is 0.582. The Morgan fingerprint density at radius 3 is 0.929 bits per heavy atom. The third-order valence-corrected chi connectivity index (χ3v) is 2.15. The first-order valence-corrected chi connectivity index (χ1v) is 5.81. The molecule has 0 aromatic rings. The van der Waals surface area contributed by atoms with E-state index in [-0.39, 0.29) is 0 Å². The lowest BCUT2D eigenvalue weighted by molar-refractivity contribution is 0.0967. The first-order chi connectivity index (χ1) is 7.00. The predicted molar refractivity (Wildman–Crippen MR) is 60.9 cm³/mol. The van der Waals surface area contributed by atoms with Gasteiger partial charge in [0.05, 0.1) is 0 Å². The summed E-state index contributed by atoms with van der Waals surface area (Å²) in [6.07, 6.45) is 7.86. The minimum atomic E-state index is 1.00. The second kappa shape index (κ2) is 13.3. The molecule has 0 bridgehead atoms. The lowest BCUT2D eigenvalue weighted by Crippen LogP contribution is -2.03. The molecule has 0 aromatic heterocycles. The van der Waals surface area contributed by atoms with E-state index in [1.165, 1.54) is 38.5 Å². The summed E-state index contributed by atoms with van der Waals surface area (Å²) in [6.45, 7) is 4.00. The summed E-state index contributed by atoms with van der Waals surface area (Å²) in [5.74, 6) is 0. The molecule has 2 aliphatic heterocycles. The topological polar surface area (TPSA) is 18.5 Å². The summed E-state index contributed by atoms with van der Waals surface area (Å²) >= 11 is 4.14. The molecule has 2 heterocycles. The van der Waals surface area contributed by atoms with Crippen LogP contribution in [0.25, 0.3) is 0 Å². The normalized spacial score (nSPS) is 20.9. The molecule has 2 aliphatic rings. The molecule has 0 amide bonds. The van der Waals surface area contributed by atoms with Gasteiger partial charge in [-0.05, 0) is 38.5 Å². The Balaban J connectivity index is 0.000000206. The molecule has 0 atom stereocenters. The molecule has 0 N–H and O–H groups in total. The summed E-state index contributed by atoms with van der Waals surface area (Å²) in [4.78, 5) is 0. The lowest BCUT2D eigenvalue weighted by atomic mass is 10.2. The first-order valence-electron chi connectivity index (χ1n) is 5.37. The minimum absolute atomic E-state index is 1.00. The standard InChI is InChI=1S/2C5H10O.BCl/c2*1-2-4-6-5-3-1;1-2/h2*1-5H2;. The maximum atomic E-state index is 5.07. The molecule has 0 saturated carbocycles. The Labute approximate surface area is 93.6 Å². The average molecular weight is 219 g/mol. The summed E-state index contributed by atoms with van der Waals surface area (Å²) in [7, 11) is 3.97. The van der Waals surface area contributed by atoms with Crippen molar-refractivity contribution < 1.29 is 9.47 Å². The lowest BCUT2D eigenvalue weighted by Gasteiger charge is -2.08. The Morgan fingerprint density at radius 2 is 0.857 bits per heavy atom. The molecule has 0 aromatic carbocycles. The summed E-state index contributed by atoms with van der Waals surface area (Å²) < 4.78 is 10.1. The van der Waals surface area contributed by atoms with E-state index in [1.807, 2.05) is 0 Å². The van der Waals surface area contributed by atoms with E-state index in [9.17, 15) is 0 Å². The highest BCUT2D eigenvalue weighted by molar-refractivity contribution is 6.80. The molecule has 2 nitrogen and oxygen atoms in total. The van der Waals surface area contributed by atoms with Crippen molar-refractivity contribution in [3.05, 3.63) is 0 Å². The number of hydrogen-bond acceptors (Lipinski definition) is 2. The van der Waals surface area contributed by atoms with Crippen LogP contribution in [0.1, 0.15) is 38.5 Å². The third kappa shape index (κ3) is 10.4. The van der Waals surface area contributed by atoms with Crippen molar-refractivity contribution in [2.24, 2.45) is 0 Å². The summed E-state index contributed by atoms with van der Waals surface area (Å²) in [6, 6.07) is 0. The Morgan fingerprint density at radius 1 is 0.571 bits per heavy atom. The maximum Gasteiger partial charge on any atom is 0.214 e. The SMILES string of the molecule is C1CCOCC1.C1CCOCC1.[B]Cl. The van der Waals surface area contributed by atoms with E-state index in [1.54, 1.807) is 0 Å². The van der Waals surface area contributed by atoms with Crippen LogP contribution >= 0.6 is 11.5 Å². The fourth-order valence-electron chi connectivity index (χ4n) is 1.37. The highest BCUT2D eigenvalue weighted by Gasteiger charge is 1.95. The number of rotatable bonds is 0. The molecule has 4 heteroatoms. The van der Waals surface area contributed by atoms with Gasteiger partial charge in [0.2, 0.25) is 7.26 Å². The van der Waals surface area contributed by atoms with Gasteiger partial charge in [-0.3, -0.25) is 0 Å². The molecule has 14 heavy (non-hydrogen) atoms. The van der Waals surface area contributed by atoms with Gasteiger partial charge in [-0.1, -0.05) is 0 Å². The molecule has 82 valence electrons. The summed E-state index contributed by atoms with van der Waals surface area (Å²) in [5, 5.41) is 0. The van der Waals surface area contributed by atoms with Crippen LogP contribution in [0.3, 0.4) is 0 Å². The van der Waals surface area contributed by atoms with Crippen LogP contribution in [0.2, 0.25) is 0 Å². The van der Waals surface area contributed by atoms with Crippen molar-refractivity contribution in [3.63, 3.8) is 0 Å². The van der Waals surface area contributed by atoms with Gasteiger partial charge in [-0.15, -0.1) is 0 Å². The van der Waals surface area contributed by atoms with Gasteiger partial charge in [-0.2, -0.15) is 0 Å². The highest BCUT2D eigenvalue weighted by Crippen LogP contribution is 2.02. The summed E-state index contributed by atoms with van der Waals surface area (Å²) in [5.41, 5.74) is 0. The Kier molecular flexibility index (Phi) is 13.5. The monoisotopic (exact) mass is 218 g/mol. The van der Waals surface area contributed by atoms with Crippen molar-refractivity contribution in [2.45, 2.75) is 38.5 Å². The van der Waals surface area contributed by atoms with E-state index in [2.05, 4.69) is 18.7 Å². The number of halogens is 1. The zero-order valence-corrected chi connectivity index (χ0v) is 9.60. The Hall–Kier alpha value is 0.275. The molecule has 2 saturated heterocycles. The van der Waals surface area contributed by atoms with Gasteiger partial charge in [0.25, 0.3) is 0 Å². The van der Waals surface area contributed by atoms with Crippen LogP contribution in [-0.2, 0) is 9.47 Å². The van der Waals surface area contributed by atoms with Crippen LogP contribution in [-0.4, -0.2) is 33.7 Å². The van der Waals surface area contributed by atoms with Crippen LogP contribution in [0.4, 0.5) is 0 Å². The number of hydrogen-bond donors (Lipinski definition) is 0. The van der Waals surface area contributed by atoms with Crippen molar-refractivity contribution in [2.75, 3.05) is 26.4 Å². The average Bonchev–Trinajstić information content (AvgIpc) is 2.37. The van der Waals surface area contributed by atoms with Gasteiger partial charge in [0.15, 0.2) is 0 Å². The van der Waals surface area contributed by atoms with E-state index in [4.69, 9.17) is 9.47 Å². The van der Waals surface area contributed by atoms with Crippen molar-refractivity contribution >= 4 is 18.7 Å². The van der Waals surface area contributed by atoms with Gasteiger partial charge in [-0.25, -0.2) is 11.5 Å². The molecule has 0 unspecified atom stereocenters. The zero-order chi connectivity index (χ0) is 10.5. The van der Waals surface area contributed by atoms with Crippen LogP contribution in [0, 0.1) is 0 Å². The Bertz CT molecular complexity index is 61.1. The van der Waals surface area contributed by atoms with Gasteiger partial charge in [0.1, 0.15) is 0 Å². The highest BCUT2D eigenvalue weighted by atomic mass is 35.5. The van der Waals surface area contributed by atoms with Gasteiger partial charge in [0, 0.05) is 26.4 Å². The second-order valence-corrected chi connectivity index (χ2v) is 3.35. The molecule has 2 rings (SSSR count). The van der Waals surface area contributed by atoms with E-state index < -0.39 is 0 Å². The predicted octanol–water partition coefficient (Wildman–Crippen LogP) is 2.68. The van der Waals surface area contributed by atoms with Crippen LogP contribution in [0.15, 0.2) is 0 Å². The zero-order valence-electron chi connectivity index (χ0n) is 8.84. The van der Waals surface area contributed by atoms with Gasteiger partial charge < -0.3 is 9.47 Å². The second-order valence-electron chi connectivity index (χ2n) is 3.35. The molecular weight excluding hydrogens is 198 g/mol. The largest absolute Gasteiger partial charge is 0.381 e. The molecule has 0 spiro atoms. The van der Waals surface area contributed by atoms with E-state index in [0.29, 0.717) is 0 Å². The van der Waals surface area contributed by atoms with E-state index >= 15 is 0 Å².